The number of ketones is 1. The van der Waals surface area contributed by atoms with Crippen LogP contribution in [0.3, 0.4) is 0 Å². The zero-order valence-electron chi connectivity index (χ0n) is 16.9. The molecule has 0 aliphatic heterocycles. The van der Waals surface area contributed by atoms with Crippen molar-refractivity contribution >= 4 is 17.3 Å². The molecule has 1 amide bonds. The highest BCUT2D eigenvalue weighted by molar-refractivity contribution is 6.19. The Morgan fingerprint density at radius 1 is 1.28 bits per heavy atom. The number of hydrogen-bond donors (Lipinski definition) is 1. The molecule has 1 saturated carbocycles. The van der Waals surface area contributed by atoms with Gasteiger partial charge in [0.2, 0.25) is 0 Å². The molecule has 29 heavy (non-hydrogen) atoms. The summed E-state index contributed by atoms with van der Waals surface area (Å²) in [4.78, 5) is 25.7. The lowest BCUT2D eigenvalue weighted by molar-refractivity contribution is 0.0943. The van der Waals surface area contributed by atoms with Crippen molar-refractivity contribution in [1.82, 2.24) is 9.88 Å². The minimum atomic E-state index is -0.417. The van der Waals surface area contributed by atoms with E-state index in [1.165, 1.54) is 19.2 Å². The first-order valence-electron chi connectivity index (χ1n) is 9.51. The van der Waals surface area contributed by atoms with Gasteiger partial charge in [-0.2, -0.15) is 0 Å². The predicted molar refractivity (Wildman–Crippen MR) is 110 cm³/mol. The number of ether oxygens (including phenoxy) is 1. The Kier molecular flexibility index (Phi) is 6.01. The van der Waals surface area contributed by atoms with Gasteiger partial charge in [0.15, 0.2) is 5.78 Å². The first kappa shape index (κ1) is 20.6. The Labute approximate surface area is 169 Å². The molecule has 0 saturated heterocycles. The smallest absolute Gasteiger partial charge is 0.267 e. The number of rotatable bonds is 8. The molecule has 1 fully saturated rings. The van der Waals surface area contributed by atoms with E-state index in [1.807, 2.05) is 0 Å². The van der Waals surface area contributed by atoms with E-state index in [4.69, 9.17) is 4.74 Å². The van der Waals surface area contributed by atoms with E-state index in [2.05, 4.69) is 11.9 Å². The fourth-order valence-corrected chi connectivity index (χ4v) is 3.14. The van der Waals surface area contributed by atoms with Crippen molar-refractivity contribution in [3.8, 4) is 0 Å². The molecule has 2 aromatic rings. The third-order valence-electron chi connectivity index (χ3n) is 5.11. The predicted octanol–water partition coefficient (Wildman–Crippen LogP) is 4.12. The van der Waals surface area contributed by atoms with Gasteiger partial charge in [-0.1, -0.05) is 18.7 Å². The van der Waals surface area contributed by atoms with Crippen molar-refractivity contribution in [3.05, 3.63) is 77.1 Å². The molecule has 1 aromatic heterocycles. The van der Waals surface area contributed by atoms with E-state index in [1.54, 1.807) is 42.9 Å². The Balaban J connectivity index is 1.90. The van der Waals surface area contributed by atoms with E-state index in [0.717, 1.165) is 12.8 Å². The van der Waals surface area contributed by atoms with Gasteiger partial charge >= 0.3 is 0 Å². The summed E-state index contributed by atoms with van der Waals surface area (Å²) in [6.07, 6.45) is 3.89. The second kappa shape index (κ2) is 8.47. The zero-order valence-corrected chi connectivity index (χ0v) is 16.9. The molecule has 0 unspecified atom stereocenters. The lowest BCUT2D eigenvalue weighted by Gasteiger charge is -2.13. The van der Waals surface area contributed by atoms with Crippen LogP contribution in [-0.2, 0) is 11.8 Å². The summed E-state index contributed by atoms with van der Waals surface area (Å²) in [6.45, 7) is 6.30. The summed E-state index contributed by atoms with van der Waals surface area (Å²) < 4.78 is 20.6. The van der Waals surface area contributed by atoms with E-state index in [0.29, 0.717) is 40.6 Å². The second-order valence-corrected chi connectivity index (χ2v) is 7.33. The quantitative estimate of drug-likeness (QED) is 0.316. The highest BCUT2D eigenvalue weighted by Crippen LogP contribution is 2.29. The molecule has 1 aromatic carbocycles. The molecule has 1 aliphatic rings. The number of nitrogens with one attached hydrogen (secondary N) is 1. The molecule has 6 heteroatoms. The highest BCUT2D eigenvalue weighted by Gasteiger charge is 2.25. The van der Waals surface area contributed by atoms with Crippen molar-refractivity contribution in [2.24, 2.45) is 13.0 Å². The van der Waals surface area contributed by atoms with Crippen LogP contribution in [-0.4, -0.2) is 29.9 Å². The first-order valence-corrected chi connectivity index (χ1v) is 9.51. The number of methoxy groups -OCH3 is 1. The molecule has 152 valence electrons. The van der Waals surface area contributed by atoms with E-state index in [9.17, 15) is 14.0 Å². The van der Waals surface area contributed by atoms with Crippen molar-refractivity contribution < 1.29 is 18.7 Å². The van der Waals surface area contributed by atoms with Crippen LogP contribution in [0.15, 0.2) is 54.4 Å². The van der Waals surface area contributed by atoms with Crippen LogP contribution in [0, 0.1) is 11.7 Å². The average Bonchev–Trinajstić information content (AvgIpc) is 3.45. The topological polar surface area (TPSA) is 60.3 Å². The number of halogens is 1. The third-order valence-corrected chi connectivity index (χ3v) is 5.11. The molecule has 0 spiro atoms. The molecule has 1 heterocycles. The van der Waals surface area contributed by atoms with E-state index < -0.39 is 5.82 Å². The number of aromatic nitrogens is 1. The number of allylic oxidation sites excluding steroid dienone is 3. The molecular weight excluding hydrogens is 371 g/mol. The molecule has 0 radical (unpaired) electrons. The number of benzene rings is 1. The minimum Gasteiger partial charge on any atom is -0.501 e. The van der Waals surface area contributed by atoms with Gasteiger partial charge in [-0.3, -0.25) is 9.59 Å². The van der Waals surface area contributed by atoms with Gasteiger partial charge in [0.05, 0.1) is 12.7 Å². The lowest BCUT2D eigenvalue weighted by atomic mass is 9.92. The van der Waals surface area contributed by atoms with Crippen LogP contribution < -0.4 is 5.32 Å². The largest absolute Gasteiger partial charge is 0.501 e. The summed E-state index contributed by atoms with van der Waals surface area (Å²) in [6, 6.07) is 7.45. The molecule has 3 rings (SSSR count). The van der Waals surface area contributed by atoms with Crippen LogP contribution in [0.25, 0.3) is 5.57 Å². The van der Waals surface area contributed by atoms with Crippen LogP contribution in [0.1, 0.15) is 46.2 Å². The molecule has 1 aliphatic carbocycles. The molecule has 1 N–H and O–H groups in total. The Morgan fingerprint density at radius 2 is 2.00 bits per heavy atom. The van der Waals surface area contributed by atoms with Crippen LogP contribution in [0.2, 0.25) is 0 Å². The monoisotopic (exact) mass is 396 g/mol. The van der Waals surface area contributed by atoms with Crippen molar-refractivity contribution in [2.45, 2.75) is 19.8 Å². The summed E-state index contributed by atoms with van der Waals surface area (Å²) in [5, 5.41) is 2.90. The minimum absolute atomic E-state index is 0.212. The van der Waals surface area contributed by atoms with Gasteiger partial charge in [-0.15, -0.1) is 0 Å². The highest BCUT2D eigenvalue weighted by atomic mass is 19.1. The number of carbonyl (C=O) groups excluding carboxylic acids is 2. The van der Waals surface area contributed by atoms with Gasteiger partial charge in [-0.05, 0) is 55.0 Å². The number of aryl methyl sites for hydroxylation is 1. The number of amides is 1. The molecule has 0 bridgehead atoms. The maximum absolute atomic E-state index is 13.7. The third kappa shape index (κ3) is 4.65. The van der Waals surface area contributed by atoms with Crippen LogP contribution in [0.5, 0.6) is 0 Å². The van der Waals surface area contributed by atoms with E-state index in [-0.39, 0.29) is 17.3 Å². The van der Waals surface area contributed by atoms with E-state index >= 15 is 0 Å². The maximum atomic E-state index is 13.7. The standard InChI is InChI=1S/C23H25FN2O3/c1-14(17-6-5-7-19(24)10-17)21(15(2)29-4)22(27)18-11-20(26(3)13-18)23(28)25-12-16-8-9-16/h5-7,10-11,13,16H,1,8-9,12H2,2-4H3,(H,25,28)/b21-15+. The Morgan fingerprint density at radius 3 is 2.62 bits per heavy atom. The summed E-state index contributed by atoms with van der Waals surface area (Å²) >= 11 is 0. The van der Waals surface area contributed by atoms with Gasteiger partial charge in [0, 0.05) is 25.4 Å². The van der Waals surface area contributed by atoms with Gasteiger partial charge in [0.1, 0.15) is 17.3 Å². The van der Waals surface area contributed by atoms with Crippen molar-refractivity contribution in [1.29, 1.82) is 0 Å². The fraction of sp³-hybridized carbons (Fsp3) is 0.304. The molecule has 5 nitrogen and oxygen atoms in total. The van der Waals surface area contributed by atoms with Crippen LogP contribution >= 0.6 is 0 Å². The normalized spacial score (nSPS) is 14.2. The first-order chi connectivity index (χ1) is 13.8. The maximum Gasteiger partial charge on any atom is 0.267 e. The Hall–Kier alpha value is -3.15. The fourth-order valence-electron chi connectivity index (χ4n) is 3.14. The SMILES string of the molecule is C=C(/C(C(=O)c1cc(C(=O)NCC2CC2)n(C)c1)=C(/C)OC)c1cccc(F)c1. The number of nitrogens with zero attached hydrogens (tertiary/aromatic N) is 1. The van der Waals surface area contributed by atoms with Gasteiger partial charge in [0.25, 0.3) is 5.91 Å². The number of Topliss-reactive ketones (excluding diaryl/α,β-unsaturated/α-hetero) is 1. The second-order valence-electron chi connectivity index (χ2n) is 7.33. The summed E-state index contributed by atoms with van der Waals surface area (Å²) in [5.74, 6) is -0.0339. The lowest BCUT2D eigenvalue weighted by Crippen LogP contribution is -2.27. The van der Waals surface area contributed by atoms with Gasteiger partial charge < -0.3 is 14.6 Å². The van der Waals surface area contributed by atoms with Crippen LogP contribution in [0.4, 0.5) is 4.39 Å². The zero-order chi connectivity index (χ0) is 21.1. The Bertz CT molecular complexity index is 999. The van der Waals surface area contributed by atoms with Crippen molar-refractivity contribution in [3.63, 3.8) is 0 Å². The summed E-state index contributed by atoms with van der Waals surface area (Å²) in [5.41, 5.74) is 1.84. The summed E-state index contributed by atoms with van der Waals surface area (Å²) in [7, 11) is 3.18. The molecular formula is C23H25FN2O3. The van der Waals surface area contributed by atoms with Crippen molar-refractivity contribution in [2.75, 3.05) is 13.7 Å². The molecule has 0 atom stereocenters. The average molecular weight is 396 g/mol. The van der Waals surface area contributed by atoms with Gasteiger partial charge in [-0.25, -0.2) is 4.39 Å². The number of carbonyl (C=O) groups is 2. The number of hydrogen-bond acceptors (Lipinski definition) is 3.